The molecule has 5 nitrogen and oxygen atoms in total. The lowest BCUT2D eigenvalue weighted by Gasteiger charge is -2.10. The normalized spacial score (nSPS) is 10.9. The predicted octanol–water partition coefficient (Wildman–Crippen LogP) is 2.54. The number of hydrogen-bond acceptors (Lipinski definition) is 4. The van der Waals surface area contributed by atoms with Gasteiger partial charge in [-0.2, -0.15) is 17.3 Å². The largest absolute Gasteiger partial charge is 0.349 e. The highest BCUT2D eigenvalue weighted by atomic mass is 32.1. The fourth-order valence-corrected chi connectivity index (χ4v) is 2.77. The molecule has 0 unspecified atom stereocenters. The average Bonchev–Trinajstić information content (AvgIpc) is 2.51. The van der Waals surface area contributed by atoms with Crippen LogP contribution in [0.1, 0.15) is 56.9 Å². The monoisotopic (exact) mass is 327 g/mol. The summed E-state index contributed by atoms with van der Waals surface area (Å²) in [6.07, 6.45) is 11.3. The highest BCUT2D eigenvalue weighted by Crippen LogP contribution is 2.09. The number of unbranched alkanes of at least 4 members (excludes halogenated alkanes) is 7. The summed E-state index contributed by atoms with van der Waals surface area (Å²) in [7, 11) is 1.58. The van der Waals surface area contributed by atoms with E-state index >= 15 is 0 Å². The maximum absolute atomic E-state index is 12.1. The first-order chi connectivity index (χ1) is 10.6. The average molecular weight is 327 g/mol. The quantitative estimate of drug-likeness (QED) is 0.485. The summed E-state index contributed by atoms with van der Waals surface area (Å²) in [4.78, 5) is 23.9. The molecule has 1 N–H and O–H groups in total. The molecule has 126 valence electrons. The van der Waals surface area contributed by atoms with E-state index in [0.29, 0.717) is 12.1 Å². The summed E-state index contributed by atoms with van der Waals surface area (Å²) in [6.45, 7) is 2.40. The fraction of sp³-hybridized carbons (Fsp3) is 0.750. The summed E-state index contributed by atoms with van der Waals surface area (Å²) in [5.41, 5.74) is 2.67. The number of aromatic nitrogens is 2. The van der Waals surface area contributed by atoms with Crippen molar-refractivity contribution in [2.45, 2.75) is 64.8 Å². The standard InChI is InChI=1S/C16H29N3O2S/c1-14-13-18(16(21)19(17-2)15(14)20)11-9-7-5-3-4-6-8-10-12-22/h13,17,22H,3-12H2,1-2H3. The van der Waals surface area contributed by atoms with Gasteiger partial charge in [0.25, 0.3) is 5.56 Å². The van der Waals surface area contributed by atoms with Crippen molar-refractivity contribution in [1.29, 1.82) is 0 Å². The van der Waals surface area contributed by atoms with Gasteiger partial charge in [-0.25, -0.2) is 4.79 Å². The molecule has 0 aromatic carbocycles. The third-order valence-electron chi connectivity index (χ3n) is 3.86. The van der Waals surface area contributed by atoms with Crippen molar-refractivity contribution in [2.75, 3.05) is 18.2 Å². The van der Waals surface area contributed by atoms with Crippen LogP contribution in [0.5, 0.6) is 0 Å². The van der Waals surface area contributed by atoms with E-state index in [1.807, 2.05) is 0 Å². The molecule has 1 aromatic rings. The number of nitrogens with one attached hydrogen (secondary N) is 1. The van der Waals surface area contributed by atoms with Gasteiger partial charge in [0.2, 0.25) is 0 Å². The Morgan fingerprint density at radius 3 is 2.09 bits per heavy atom. The second kappa shape index (κ2) is 10.5. The lowest BCUT2D eigenvalue weighted by atomic mass is 10.1. The molecule has 1 heterocycles. The third kappa shape index (κ3) is 5.91. The first-order valence-electron chi connectivity index (χ1n) is 8.23. The second-order valence-corrected chi connectivity index (χ2v) is 6.15. The molecule has 1 aromatic heterocycles. The molecule has 0 spiro atoms. The molecule has 0 amide bonds. The minimum absolute atomic E-state index is 0.273. The van der Waals surface area contributed by atoms with Crippen LogP contribution in [0, 0.1) is 6.92 Å². The molecule has 6 heteroatoms. The van der Waals surface area contributed by atoms with Crippen molar-refractivity contribution in [3.63, 3.8) is 0 Å². The van der Waals surface area contributed by atoms with Gasteiger partial charge in [0, 0.05) is 25.4 Å². The van der Waals surface area contributed by atoms with Crippen LogP contribution in [-0.4, -0.2) is 22.0 Å². The molecule has 0 atom stereocenters. The zero-order valence-corrected chi connectivity index (χ0v) is 14.7. The summed E-state index contributed by atoms with van der Waals surface area (Å²) < 4.78 is 2.69. The lowest BCUT2D eigenvalue weighted by molar-refractivity contribution is 0.521. The summed E-state index contributed by atoms with van der Waals surface area (Å²) in [5, 5.41) is 0. The minimum Gasteiger partial charge on any atom is -0.322 e. The third-order valence-corrected chi connectivity index (χ3v) is 4.17. The van der Waals surface area contributed by atoms with Crippen LogP contribution < -0.4 is 16.7 Å². The van der Waals surface area contributed by atoms with Gasteiger partial charge in [0.15, 0.2) is 0 Å². The summed E-state index contributed by atoms with van der Waals surface area (Å²) >= 11 is 4.21. The van der Waals surface area contributed by atoms with Gasteiger partial charge in [0.1, 0.15) is 0 Å². The van der Waals surface area contributed by atoms with Crippen LogP contribution in [0.4, 0.5) is 0 Å². The maximum atomic E-state index is 12.1. The molecule has 0 bridgehead atoms. The van der Waals surface area contributed by atoms with Crippen LogP contribution >= 0.6 is 12.6 Å². The van der Waals surface area contributed by atoms with E-state index in [0.717, 1.165) is 23.3 Å². The molecular weight excluding hydrogens is 298 g/mol. The molecule has 1 rings (SSSR count). The van der Waals surface area contributed by atoms with Gasteiger partial charge >= 0.3 is 5.69 Å². The van der Waals surface area contributed by atoms with Gasteiger partial charge in [0.05, 0.1) is 0 Å². The maximum Gasteiger partial charge on any atom is 0.349 e. The number of rotatable bonds is 11. The van der Waals surface area contributed by atoms with E-state index in [2.05, 4.69) is 18.1 Å². The molecule has 0 saturated carbocycles. The number of nitrogens with zero attached hydrogens (tertiary/aromatic N) is 2. The zero-order chi connectivity index (χ0) is 16.4. The zero-order valence-electron chi connectivity index (χ0n) is 13.8. The predicted molar refractivity (Wildman–Crippen MR) is 95.8 cm³/mol. The van der Waals surface area contributed by atoms with Crippen molar-refractivity contribution >= 4 is 12.6 Å². The van der Waals surface area contributed by atoms with Gasteiger partial charge in [-0.15, -0.1) is 0 Å². The Labute approximate surface area is 138 Å². The van der Waals surface area contributed by atoms with E-state index in [1.54, 1.807) is 24.7 Å². The Hall–Kier alpha value is -1.17. The van der Waals surface area contributed by atoms with Crippen LogP contribution in [0.2, 0.25) is 0 Å². The summed E-state index contributed by atoms with van der Waals surface area (Å²) in [5.74, 6) is 0.989. The highest BCUT2D eigenvalue weighted by Gasteiger charge is 2.06. The Bertz CT molecular complexity index is 551. The molecule has 0 saturated heterocycles. The van der Waals surface area contributed by atoms with Gasteiger partial charge in [-0.3, -0.25) is 9.36 Å². The summed E-state index contributed by atoms with van der Waals surface area (Å²) in [6, 6.07) is 0. The Balaban J connectivity index is 2.33. The van der Waals surface area contributed by atoms with E-state index in [9.17, 15) is 9.59 Å². The number of aryl methyl sites for hydroxylation is 2. The van der Waals surface area contributed by atoms with Crippen molar-refractivity contribution < 1.29 is 0 Å². The van der Waals surface area contributed by atoms with E-state index in [-0.39, 0.29) is 11.2 Å². The van der Waals surface area contributed by atoms with Crippen molar-refractivity contribution in [1.82, 2.24) is 9.24 Å². The first-order valence-corrected chi connectivity index (χ1v) is 8.86. The van der Waals surface area contributed by atoms with Crippen LogP contribution in [0.15, 0.2) is 15.8 Å². The fourth-order valence-electron chi connectivity index (χ4n) is 2.55. The van der Waals surface area contributed by atoms with Gasteiger partial charge < -0.3 is 5.43 Å². The second-order valence-electron chi connectivity index (χ2n) is 5.70. The SMILES string of the molecule is CNn1c(=O)c(C)cn(CCCCCCCCCCS)c1=O. The highest BCUT2D eigenvalue weighted by molar-refractivity contribution is 7.80. The first kappa shape index (κ1) is 18.9. The molecule has 0 aliphatic heterocycles. The van der Waals surface area contributed by atoms with Crippen LogP contribution in [-0.2, 0) is 6.54 Å². The molecule has 0 aliphatic rings. The molecule has 0 aliphatic carbocycles. The van der Waals surface area contributed by atoms with Crippen LogP contribution in [0.3, 0.4) is 0 Å². The van der Waals surface area contributed by atoms with Gasteiger partial charge in [-0.1, -0.05) is 38.5 Å². The Kier molecular flexibility index (Phi) is 9.04. The van der Waals surface area contributed by atoms with Gasteiger partial charge in [-0.05, 0) is 25.5 Å². The van der Waals surface area contributed by atoms with Crippen molar-refractivity contribution in [3.8, 4) is 0 Å². The molecule has 0 radical (unpaired) electrons. The number of hydrogen-bond donors (Lipinski definition) is 2. The van der Waals surface area contributed by atoms with Crippen molar-refractivity contribution in [3.05, 3.63) is 32.6 Å². The van der Waals surface area contributed by atoms with Crippen LogP contribution in [0.25, 0.3) is 0 Å². The molecule has 0 fully saturated rings. The molecular formula is C16H29N3O2S. The lowest BCUT2D eigenvalue weighted by Crippen LogP contribution is -2.44. The Morgan fingerprint density at radius 2 is 1.55 bits per heavy atom. The van der Waals surface area contributed by atoms with E-state index in [4.69, 9.17) is 0 Å². The topological polar surface area (TPSA) is 56.0 Å². The molecule has 22 heavy (non-hydrogen) atoms. The van der Waals surface area contributed by atoms with E-state index in [1.165, 1.54) is 38.5 Å². The van der Waals surface area contributed by atoms with E-state index < -0.39 is 0 Å². The number of thiol groups is 1. The Morgan fingerprint density at radius 1 is 1.00 bits per heavy atom. The van der Waals surface area contributed by atoms with Crippen molar-refractivity contribution in [2.24, 2.45) is 0 Å². The smallest absolute Gasteiger partial charge is 0.322 e. The minimum atomic E-state index is -0.287.